The molecule has 0 saturated heterocycles. The van der Waals surface area contributed by atoms with Crippen LogP contribution in [-0.4, -0.2) is 9.55 Å². The zero-order valence-corrected chi connectivity index (χ0v) is 8.81. The van der Waals surface area contributed by atoms with E-state index in [1.807, 2.05) is 12.1 Å². The summed E-state index contributed by atoms with van der Waals surface area (Å²) in [6.45, 7) is 3.37. The average Bonchev–Trinajstić information content (AvgIpc) is 2.84. The molecule has 1 aliphatic rings. The molecule has 0 aliphatic carbocycles. The number of hydrogen-bond donors (Lipinski definition) is 0. The molecule has 78 valence electrons. The first-order valence-electron chi connectivity index (χ1n) is 5.43. The van der Waals surface area contributed by atoms with Crippen LogP contribution in [0.15, 0.2) is 29.0 Å². The molecule has 0 bridgehead atoms. The Bertz CT molecular complexity index is 456. The van der Waals surface area contributed by atoms with Gasteiger partial charge in [-0.25, -0.2) is 4.98 Å². The second kappa shape index (κ2) is 3.26. The van der Waals surface area contributed by atoms with Gasteiger partial charge in [0, 0.05) is 19.2 Å². The maximum absolute atomic E-state index is 5.35. The van der Waals surface area contributed by atoms with Crippen molar-refractivity contribution in [3.63, 3.8) is 0 Å². The lowest BCUT2D eigenvalue weighted by atomic mass is 10.0. The number of aryl methyl sites for hydroxylation is 1. The van der Waals surface area contributed by atoms with Crippen molar-refractivity contribution in [1.29, 1.82) is 0 Å². The van der Waals surface area contributed by atoms with Gasteiger partial charge in [0.25, 0.3) is 0 Å². The summed E-state index contributed by atoms with van der Waals surface area (Å²) in [5.41, 5.74) is 0.962. The molecule has 0 N–H and O–H groups in total. The van der Waals surface area contributed by atoms with Gasteiger partial charge in [-0.15, -0.1) is 0 Å². The van der Waals surface area contributed by atoms with Crippen molar-refractivity contribution in [1.82, 2.24) is 9.55 Å². The first-order valence-corrected chi connectivity index (χ1v) is 5.43. The van der Waals surface area contributed by atoms with E-state index in [4.69, 9.17) is 4.42 Å². The molecular formula is C12H14N2O. The quantitative estimate of drug-likeness (QED) is 0.712. The van der Waals surface area contributed by atoms with Crippen molar-refractivity contribution < 1.29 is 4.42 Å². The molecule has 1 atom stereocenters. The second-order valence-electron chi connectivity index (χ2n) is 4.31. The highest BCUT2D eigenvalue weighted by molar-refractivity contribution is 5.51. The minimum atomic E-state index is 0.754. The molecule has 1 aliphatic heterocycles. The van der Waals surface area contributed by atoms with Crippen LogP contribution in [0.5, 0.6) is 0 Å². The molecule has 0 amide bonds. The van der Waals surface area contributed by atoms with Crippen molar-refractivity contribution in [2.24, 2.45) is 5.92 Å². The van der Waals surface area contributed by atoms with Crippen LogP contribution in [0.2, 0.25) is 0 Å². The van der Waals surface area contributed by atoms with Gasteiger partial charge in [0.2, 0.25) is 0 Å². The molecule has 0 fully saturated rings. The van der Waals surface area contributed by atoms with Crippen LogP contribution in [0.4, 0.5) is 0 Å². The van der Waals surface area contributed by atoms with Crippen LogP contribution < -0.4 is 0 Å². The van der Waals surface area contributed by atoms with Crippen molar-refractivity contribution >= 4 is 0 Å². The fourth-order valence-electron chi connectivity index (χ4n) is 2.13. The fourth-order valence-corrected chi connectivity index (χ4v) is 2.13. The van der Waals surface area contributed by atoms with Gasteiger partial charge in [0.1, 0.15) is 11.5 Å². The number of imidazole rings is 1. The van der Waals surface area contributed by atoms with E-state index in [9.17, 15) is 0 Å². The van der Waals surface area contributed by atoms with Gasteiger partial charge in [-0.2, -0.15) is 0 Å². The van der Waals surface area contributed by atoms with Crippen LogP contribution >= 0.6 is 0 Å². The molecule has 3 nitrogen and oxygen atoms in total. The maximum atomic E-state index is 5.35. The van der Waals surface area contributed by atoms with Crippen LogP contribution in [0.3, 0.4) is 0 Å². The second-order valence-corrected chi connectivity index (χ2v) is 4.31. The van der Waals surface area contributed by atoms with Gasteiger partial charge in [-0.1, -0.05) is 6.92 Å². The van der Waals surface area contributed by atoms with E-state index in [0.29, 0.717) is 0 Å². The summed E-state index contributed by atoms with van der Waals surface area (Å²) in [5.74, 6) is 2.81. The zero-order valence-electron chi connectivity index (χ0n) is 8.81. The third-order valence-electron chi connectivity index (χ3n) is 3.03. The van der Waals surface area contributed by atoms with E-state index in [-0.39, 0.29) is 0 Å². The van der Waals surface area contributed by atoms with E-state index < -0.39 is 0 Å². The summed E-state index contributed by atoms with van der Waals surface area (Å²) < 4.78 is 7.60. The third-order valence-corrected chi connectivity index (χ3v) is 3.03. The van der Waals surface area contributed by atoms with Crippen LogP contribution in [0.25, 0.3) is 11.5 Å². The molecule has 0 saturated carbocycles. The normalized spacial score (nSPS) is 20.2. The molecule has 0 radical (unpaired) electrons. The smallest absolute Gasteiger partial charge is 0.153 e. The summed E-state index contributed by atoms with van der Waals surface area (Å²) in [6.07, 6.45) is 6.12. The van der Waals surface area contributed by atoms with E-state index >= 15 is 0 Å². The van der Waals surface area contributed by atoms with Crippen LogP contribution in [0, 0.1) is 5.92 Å². The monoisotopic (exact) mass is 202 g/mol. The fraction of sp³-hybridized carbons (Fsp3) is 0.417. The van der Waals surface area contributed by atoms with Crippen LogP contribution in [-0.2, 0) is 13.0 Å². The summed E-state index contributed by atoms with van der Waals surface area (Å²) in [5, 5.41) is 0. The SMILES string of the molecule is C[C@H]1CCn2cc(-c3ccco3)nc2C1. The summed E-state index contributed by atoms with van der Waals surface area (Å²) in [4.78, 5) is 4.61. The van der Waals surface area contributed by atoms with Crippen LogP contribution in [0.1, 0.15) is 19.2 Å². The van der Waals surface area contributed by atoms with Gasteiger partial charge in [0.15, 0.2) is 5.76 Å². The minimum Gasteiger partial charge on any atom is -0.463 e. The molecule has 3 rings (SSSR count). The predicted molar refractivity (Wildman–Crippen MR) is 57.4 cm³/mol. The zero-order chi connectivity index (χ0) is 10.3. The average molecular weight is 202 g/mol. The molecule has 0 spiro atoms. The molecule has 0 unspecified atom stereocenters. The Labute approximate surface area is 88.7 Å². The lowest BCUT2D eigenvalue weighted by Gasteiger charge is -2.18. The van der Waals surface area contributed by atoms with Gasteiger partial charge in [0.05, 0.1) is 6.26 Å². The number of fused-ring (bicyclic) bond motifs is 1. The predicted octanol–water partition coefficient (Wildman–Crippen LogP) is 2.73. The Morgan fingerprint density at radius 1 is 1.53 bits per heavy atom. The topological polar surface area (TPSA) is 31.0 Å². The van der Waals surface area contributed by atoms with Crippen molar-refractivity contribution in [2.45, 2.75) is 26.3 Å². The third kappa shape index (κ3) is 1.48. The number of hydrogen-bond acceptors (Lipinski definition) is 2. The first kappa shape index (κ1) is 8.77. The Hall–Kier alpha value is -1.51. The van der Waals surface area contributed by atoms with Gasteiger partial charge >= 0.3 is 0 Å². The lowest BCUT2D eigenvalue weighted by Crippen LogP contribution is -2.16. The minimum absolute atomic E-state index is 0.754. The Morgan fingerprint density at radius 3 is 3.27 bits per heavy atom. The molecule has 2 aromatic heterocycles. The van der Waals surface area contributed by atoms with Crippen molar-refractivity contribution in [3.8, 4) is 11.5 Å². The summed E-state index contributed by atoms with van der Waals surface area (Å²) in [6, 6.07) is 3.86. The molecule has 2 aromatic rings. The van der Waals surface area contributed by atoms with E-state index in [0.717, 1.165) is 30.3 Å². The van der Waals surface area contributed by atoms with E-state index in [1.165, 1.54) is 12.2 Å². The van der Waals surface area contributed by atoms with Crippen molar-refractivity contribution in [3.05, 3.63) is 30.4 Å². The highest BCUT2D eigenvalue weighted by Crippen LogP contribution is 2.24. The highest BCUT2D eigenvalue weighted by atomic mass is 16.3. The Balaban J connectivity index is 2.00. The Morgan fingerprint density at radius 2 is 2.47 bits per heavy atom. The largest absolute Gasteiger partial charge is 0.463 e. The van der Waals surface area contributed by atoms with E-state index in [1.54, 1.807) is 6.26 Å². The van der Waals surface area contributed by atoms with Crippen molar-refractivity contribution in [2.75, 3.05) is 0 Å². The van der Waals surface area contributed by atoms with E-state index in [2.05, 4.69) is 22.7 Å². The highest BCUT2D eigenvalue weighted by Gasteiger charge is 2.18. The summed E-state index contributed by atoms with van der Waals surface area (Å²) >= 11 is 0. The van der Waals surface area contributed by atoms with Gasteiger partial charge in [-0.3, -0.25) is 0 Å². The molecule has 3 heteroatoms. The number of rotatable bonds is 1. The standard InChI is InChI=1S/C12H14N2O/c1-9-4-5-14-8-10(13-12(14)7-9)11-3-2-6-15-11/h2-3,6,8-9H,4-5,7H2,1H3/t9-/m0/s1. The number of nitrogens with zero attached hydrogens (tertiary/aromatic N) is 2. The van der Waals surface area contributed by atoms with Gasteiger partial charge in [-0.05, 0) is 24.5 Å². The first-order chi connectivity index (χ1) is 7.33. The lowest BCUT2D eigenvalue weighted by molar-refractivity contribution is 0.409. The number of furan rings is 1. The molecule has 0 aromatic carbocycles. The van der Waals surface area contributed by atoms with Gasteiger partial charge < -0.3 is 8.98 Å². The molecule has 15 heavy (non-hydrogen) atoms. The summed E-state index contributed by atoms with van der Waals surface area (Å²) in [7, 11) is 0. The maximum Gasteiger partial charge on any atom is 0.153 e. The Kier molecular flexibility index (Phi) is 1.91. The molecular weight excluding hydrogens is 188 g/mol. The number of aromatic nitrogens is 2. The molecule has 3 heterocycles.